The maximum Gasteiger partial charge on any atom is 0.294 e. The van der Waals surface area contributed by atoms with Crippen LogP contribution in [0.5, 0.6) is 0 Å². The number of H-pyrrole nitrogens is 1. The summed E-state index contributed by atoms with van der Waals surface area (Å²) in [4.78, 5) is 24.1. The van der Waals surface area contributed by atoms with Gasteiger partial charge < -0.3 is 9.40 Å². The van der Waals surface area contributed by atoms with Crippen molar-refractivity contribution in [2.24, 2.45) is 0 Å². The minimum Gasteiger partial charge on any atom is -0.449 e. The summed E-state index contributed by atoms with van der Waals surface area (Å²) in [7, 11) is -3.48. The van der Waals surface area contributed by atoms with E-state index in [0.717, 1.165) is 18.2 Å². The summed E-state index contributed by atoms with van der Waals surface area (Å²) in [6.45, 7) is 1.12. The van der Waals surface area contributed by atoms with Crippen molar-refractivity contribution in [2.45, 2.75) is 28.5 Å². The van der Waals surface area contributed by atoms with E-state index >= 15 is 0 Å². The van der Waals surface area contributed by atoms with E-state index in [1.165, 1.54) is 22.3 Å². The van der Waals surface area contributed by atoms with Gasteiger partial charge in [-0.1, -0.05) is 23.9 Å². The van der Waals surface area contributed by atoms with Crippen LogP contribution in [0.25, 0.3) is 22.1 Å². The van der Waals surface area contributed by atoms with Crippen molar-refractivity contribution < 1.29 is 12.8 Å². The molecule has 1 fully saturated rings. The molecule has 1 N–H and O–H groups in total. The van der Waals surface area contributed by atoms with Crippen LogP contribution in [-0.2, 0) is 15.8 Å². The number of benzene rings is 1. The van der Waals surface area contributed by atoms with Crippen molar-refractivity contribution in [3.63, 3.8) is 0 Å². The van der Waals surface area contributed by atoms with E-state index in [0.29, 0.717) is 40.8 Å². The Bertz CT molecular complexity index is 1390. The molecule has 3 aromatic heterocycles. The fraction of sp³-hybridized carbons (Fsp3) is 0.250. The maximum atomic E-state index is 12.6. The van der Waals surface area contributed by atoms with Gasteiger partial charge >= 0.3 is 0 Å². The topological polar surface area (TPSA) is 109 Å². The lowest BCUT2D eigenvalue weighted by atomic mass is 10.2. The van der Waals surface area contributed by atoms with Gasteiger partial charge in [0.25, 0.3) is 5.56 Å². The zero-order chi connectivity index (χ0) is 20.7. The van der Waals surface area contributed by atoms with E-state index in [1.54, 1.807) is 18.2 Å². The lowest BCUT2D eigenvalue weighted by Crippen LogP contribution is -2.27. The first kappa shape index (κ1) is 19.3. The number of nitrogens with one attached hydrogen (secondary N) is 1. The molecule has 0 atom stereocenters. The maximum absolute atomic E-state index is 12.6. The van der Waals surface area contributed by atoms with Crippen LogP contribution in [0.1, 0.15) is 18.7 Å². The predicted molar refractivity (Wildman–Crippen MR) is 114 cm³/mol. The van der Waals surface area contributed by atoms with Crippen molar-refractivity contribution >= 4 is 43.9 Å². The highest BCUT2D eigenvalue weighted by Gasteiger charge is 2.27. The third-order valence-electron chi connectivity index (χ3n) is 5.05. The summed E-state index contributed by atoms with van der Waals surface area (Å²) in [5.74, 6) is 0.884. The van der Waals surface area contributed by atoms with Gasteiger partial charge in [0.2, 0.25) is 15.6 Å². The third kappa shape index (κ3) is 3.40. The summed E-state index contributed by atoms with van der Waals surface area (Å²) in [5, 5.41) is 1.44. The number of pyridine rings is 1. The standard InChI is InChI=1S/C20H18N4O4S2/c25-20-19-18(14-5-1-2-6-15(14)28-19)22-16(23-20)12-29-17-8-7-13(11-21-17)30(26,27)24-9-3-4-10-24/h1-2,5-8,11H,3-4,9-10,12H2,(H,22,23,25). The number of rotatable bonds is 5. The molecule has 5 rings (SSSR count). The molecule has 0 saturated carbocycles. The molecule has 154 valence electrons. The van der Waals surface area contributed by atoms with Crippen molar-refractivity contribution in [3.05, 3.63) is 58.8 Å². The number of hydrogen-bond acceptors (Lipinski definition) is 7. The van der Waals surface area contributed by atoms with Crippen LogP contribution >= 0.6 is 11.8 Å². The van der Waals surface area contributed by atoms with E-state index in [2.05, 4.69) is 15.0 Å². The second-order valence-corrected chi connectivity index (χ2v) is 9.95. The molecule has 30 heavy (non-hydrogen) atoms. The zero-order valence-corrected chi connectivity index (χ0v) is 17.5. The van der Waals surface area contributed by atoms with Crippen LogP contribution in [0.2, 0.25) is 0 Å². The third-order valence-corrected chi connectivity index (χ3v) is 7.89. The van der Waals surface area contributed by atoms with E-state index in [4.69, 9.17) is 4.42 Å². The number of thioether (sulfide) groups is 1. The first-order valence-electron chi connectivity index (χ1n) is 9.52. The molecule has 4 heterocycles. The minimum atomic E-state index is -3.48. The van der Waals surface area contributed by atoms with Gasteiger partial charge in [-0.25, -0.2) is 18.4 Å². The van der Waals surface area contributed by atoms with Gasteiger partial charge in [-0.3, -0.25) is 4.79 Å². The molecule has 0 amide bonds. The van der Waals surface area contributed by atoms with E-state index in [9.17, 15) is 13.2 Å². The number of hydrogen-bond donors (Lipinski definition) is 1. The van der Waals surface area contributed by atoms with E-state index in [1.807, 2.05) is 18.2 Å². The molecule has 8 nitrogen and oxygen atoms in total. The van der Waals surface area contributed by atoms with Crippen molar-refractivity contribution in [3.8, 4) is 0 Å². The Kier molecular flexibility index (Phi) is 4.84. The number of aromatic amines is 1. The van der Waals surface area contributed by atoms with Crippen LogP contribution in [0.3, 0.4) is 0 Å². The molecule has 4 aromatic rings. The number of fused-ring (bicyclic) bond motifs is 3. The summed E-state index contributed by atoms with van der Waals surface area (Å²) >= 11 is 1.37. The number of sulfonamides is 1. The normalized spacial score (nSPS) is 15.3. The van der Waals surface area contributed by atoms with Gasteiger partial charge in [-0.2, -0.15) is 4.31 Å². The highest BCUT2D eigenvalue weighted by atomic mass is 32.2. The first-order valence-corrected chi connectivity index (χ1v) is 11.9. The van der Waals surface area contributed by atoms with Gasteiger partial charge in [0, 0.05) is 24.7 Å². The minimum absolute atomic E-state index is 0.201. The second-order valence-electron chi connectivity index (χ2n) is 7.02. The highest BCUT2D eigenvalue weighted by Crippen LogP contribution is 2.27. The average molecular weight is 443 g/mol. The number of nitrogens with zero attached hydrogens (tertiary/aromatic N) is 3. The van der Waals surface area contributed by atoms with Crippen LogP contribution in [0, 0.1) is 0 Å². The summed E-state index contributed by atoms with van der Waals surface area (Å²) < 4.78 is 32.3. The first-order chi connectivity index (χ1) is 14.5. The molecule has 10 heteroatoms. The van der Waals surface area contributed by atoms with E-state index in [-0.39, 0.29) is 16.0 Å². The Morgan fingerprint density at radius 1 is 1.13 bits per heavy atom. The molecule has 0 aliphatic carbocycles. The van der Waals surface area contributed by atoms with Gasteiger partial charge in [0.1, 0.15) is 21.8 Å². The van der Waals surface area contributed by atoms with Crippen molar-refractivity contribution in [1.82, 2.24) is 19.3 Å². The zero-order valence-electron chi connectivity index (χ0n) is 15.9. The van der Waals surface area contributed by atoms with Crippen LogP contribution in [-0.4, -0.2) is 40.8 Å². The monoisotopic (exact) mass is 442 g/mol. The molecule has 1 aromatic carbocycles. The Morgan fingerprint density at radius 2 is 1.93 bits per heavy atom. The quantitative estimate of drug-likeness (QED) is 0.473. The van der Waals surface area contributed by atoms with Gasteiger partial charge in [0.15, 0.2) is 0 Å². The Labute approximate surface area is 176 Å². The SMILES string of the molecule is O=c1[nH]c(CSc2ccc(S(=O)(=O)N3CCCC3)cn2)nc2c1oc1ccccc12. The van der Waals surface area contributed by atoms with Gasteiger partial charge in [-0.15, -0.1) is 0 Å². The molecule has 0 bridgehead atoms. The predicted octanol–water partition coefficient (Wildman–Crippen LogP) is 3.14. The summed E-state index contributed by atoms with van der Waals surface area (Å²) in [5.41, 5.74) is 1.03. The number of aromatic nitrogens is 3. The van der Waals surface area contributed by atoms with Gasteiger partial charge in [0.05, 0.1) is 10.8 Å². The molecular weight excluding hydrogens is 424 g/mol. The number of furan rings is 1. The molecule has 1 aliphatic heterocycles. The fourth-order valence-corrected chi connectivity index (χ4v) is 5.72. The molecular formula is C20H18N4O4S2. The van der Waals surface area contributed by atoms with E-state index < -0.39 is 10.0 Å². The Hall–Kier alpha value is -2.69. The summed E-state index contributed by atoms with van der Waals surface area (Å²) in [6, 6.07) is 10.6. The van der Waals surface area contributed by atoms with Crippen LogP contribution < -0.4 is 5.56 Å². The summed E-state index contributed by atoms with van der Waals surface area (Å²) in [6.07, 6.45) is 3.17. The largest absolute Gasteiger partial charge is 0.449 e. The molecule has 0 radical (unpaired) electrons. The lowest BCUT2D eigenvalue weighted by Gasteiger charge is -2.15. The second kappa shape index (κ2) is 7.53. The Morgan fingerprint density at radius 3 is 2.70 bits per heavy atom. The van der Waals surface area contributed by atoms with Crippen molar-refractivity contribution in [2.75, 3.05) is 13.1 Å². The van der Waals surface area contributed by atoms with Crippen LogP contribution in [0.4, 0.5) is 0 Å². The molecule has 0 unspecified atom stereocenters. The molecule has 0 spiro atoms. The van der Waals surface area contributed by atoms with Crippen LogP contribution in [0.15, 0.2) is 61.7 Å². The highest BCUT2D eigenvalue weighted by molar-refractivity contribution is 7.98. The smallest absolute Gasteiger partial charge is 0.294 e. The Balaban J connectivity index is 1.36. The average Bonchev–Trinajstić information content (AvgIpc) is 3.42. The van der Waals surface area contributed by atoms with Gasteiger partial charge in [-0.05, 0) is 37.1 Å². The molecule has 1 saturated heterocycles. The number of para-hydroxylation sites is 1. The molecule has 1 aliphatic rings. The fourth-order valence-electron chi connectivity index (χ4n) is 3.54. The lowest BCUT2D eigenvalue weighted by molar-refractivity contribution is 0.477. The van der Waals surface area contributed by atoms with Crippen molar-refractivity contribution in [1.29, 1.82) is 0 Å².